The minimum absolute atomic E-state index is 0.0720. The normalized spacial score (nSPS) is 14.4. The van der Waals surface area contributed by atoms with Crippen molar-refractivity contribution in [1.29, 1.82) is 0 Å². The zero-order valence-corrected chi connectivity index (χ0v) is 7.17. The summed E-state index contributed by atoms with van der Waals surface area (Å²) in [5.41, 5.74) is 3.85. The number of aliphatic hydroxyl groups excluding tert-OH is 1. The average Bonchev–Trinajstić information content (AvgIpc) is 2.50. The molecular formula is C7H10F3N3O. The summed E-state index contributed by atoms with van der Waals surface area (Å²) in [6, 6.07) is 0. The molecule has 0 unspecified atom stereocenters. The fourth-order valence-electron chi connectivity index (χ4n) is 1.09. The minimum Gasteiger partial charge on any atom is -0.388 e. The van der Waals surface area contributed by atoms with Gasteiger partial charge in [-0.25, -0.2) is 0 Å². The number of hydrogen-bond acceptors (Lipinski definition) is 3. The Labute approximate surface area is 77.9 Å². The van der Waals surface area contributed by atoms with Crippen LogP contribution in [-0.2, 0) is 6.18 Å². The lowest BCUT2D eigenvalue weighted by atomic mass is 10.1. The maximum atomic E-state index is 12.3. The van der Waals surface area contributed by atoms with Crippen LogP contribution in [0.5, 0.6) is 0 Å². The SMILES string of the molecule is NCC[C@@H](O)c1cn[nH]c1C(F)(F)F. The van der Waals surface area contributed by atoms with Crippen molar-refractivity contribution >= 4 is 0 Å². The molecule has 0 aliphatic carbocycles. The Hall–Kier alpha value is -1.08. The zero-order chi connectivity index (χ0) is 10.8. The third kappa shape index (κ3) is 2.24. The topological polar surface area (TPSA) is 74.9 Å². The van der Waals surface area contributed by atoms with Crippen LogP contribution >= 0.6 is 0 Å². The third-order valence-corrected chi connectivity index (χ3v) is 1.75. The monoisotopic (exact) mass is 209 g/mol. The van der Waals surface area contributed by atoms with Crippen LogP contribution in [0.2, 0.25) is 0 Å². The molecule has 0 bridgehead atoms. The minimum atomic E-state index is -4.53. The number of aromatic amines is 1. The van der Waals surface area contributed by atoms with Gasteiger partial charge < -0.3 is 10.8 Å². The van der Waals surface area contributed by atoms with Gasteiger partial charge in [0.1, 0.15) is 5.69 Å². The van der Waals surface area contributed by atoms with Gasteiger partial charge in [-0.05, 0) is 13.0 Å². The second-order valence-corrected chi connectivity index (χ2v) is 2.79. The van der Waals surface area contributed by atoms with Crippen molar-refractivity contribution < 1.29 is 18.3 Å². The Kier molecular flexibility index (Phi) is 3.12. The molecule has 4 N–H and O–H groups in total. The second-order valence-electron chi connectivity index (χ2n) is 2.79. The Balaban J connectivity index is 2.93. The molecule has 1 heterocycles. The molecule has 1 aromatic heterocycles. The molecule has 0 saturated heterocycles. The Morgan fingerprint density at radius 3 is 2.71 bits per heavy atom. The van der Waals surface area contributed by atoms with Gasteiger partial charge in [-0.15, -0.1) is 0 Å². The second kappa shape index (κ2) is 3.97. The van der Waals surface area contributed by atoms with E-state index in [9.17, 15) is 18.3 Å². The van der Waals surface area contributed by atoms with Crippen LogP contribution in [0, 0.1) is 0 Å². The van der Waals surface area contributed by atoms with Crippen LogP contribution in [0.4, 0.5) is 13.2 Å². The molecular weight excluding hydrogens is 199 g/mol. The van der Waals surface area contributed by atoms with E-state index >= 15 is 0 Å². The van der Waals surface area contributed by atoms with E-state index < -0.39 is 18.0 Å². The molecule has 4 nitrogen and oxygen atoms in total. The molecule has 80 valence electrons. The molecule has 0 saturated carbocycles. The Morgan fingerprint density at radius 2 is 2.21 bits per heavy atom. The van der Waals surface area contributed by atoms with Crippen molar-refractivity contribution in [3.63, 3.8) is 0 Å². The molecule has 1 rings (SSSR count). The largest absolute Gasteiger partial charge is 0.433 e. The number of aromatic nitrogens is 2. The van der Waals surface area contributed by atoms with Gasteiger partial charge in [0, 0.05) is 5.56 Å². The molecule has 14 heavy (non-hydrogen) atoms. The first kappa shape index (κ1) is 11.0. The molecule has 0 aliphatic rings. The molecule has 0 aliphatic heterocycles. The van der Waals surface area contributed by atoms with Crippen molar-refractivity contribution in [3.8, 4) is 0 Å². The predicted octanol–water partition coefficient (Wildman–Crippen LogP) is 0.811. The van der Waals surface area contributed by atoms with E-state index in [0.29, 0.717) is 0 Å². The molecule has 0 fully saturated rings. The summed E-state index contributed by atoms with van der Waals surface area (Å²) < 4.78 is 36.8. The lowest BCUT2D eigenvalue weighted by Gasteiger charge is -2.11. The van der Waals surface area contributed by atoms with Crippen molar-refractivity contribution in [2.75, 3.05) is 6.54 Å². The fraction of sp³-hybridized carbons (Fsp3) is 0.571. The Morgan fingerprint density at radius 1 is 1.57 bits per heavy atom. The Bertz CT molecular complexity index is 297. The zero-order valence-electron chi connectivity index (χ0n) is 7.17. The highest BCUT2D eigenvalue weighted by Crippen LogP contribution is 2.33. The van der Waals surface area contributed by atoms with Crippen molar-refractivity contribution in [2.24, 2.45) is 5.73 Å². The van der Waals surface area contributed by atoms with Crippen molar-refractivity contribution in [2.45, 2.75) is 18.7 Å². The van der Waals surface area contributed by atoms with Crippen molar-refractivity contribution in [3.05, 3.63) is 17.5 Å². The number of nitrogens with zero attached hydrogens (tertiary/aromatic N) is 1. The van der Waals surface area contributed by atoms with E-state index in [-0.39, 0.29) is 18.5 Å². The summed E-state index contributed by atoms with van der Waals surface area (Å²) in [6.07, 6.45) is -4.72. The molecule has 1 atom stereocenters. The van der Waals surface area contributed by atoms with Gasteiger partial charge in [0.15, 0.2) is 0 Å². The highest BCUT2D eigenvalue weighted by molar-refractivity contribution is 5.21. The smallest absolute Gasteiger partial charge is 0.388 e. The number of nitrogens with two attached hydrogens (primary N) is 1. The van der Waals surface area contributed by atoms with Gasteiger partial charge in [-0.1, -0.05) is 0 Å². The number of halogens is 3. The lowest BCUT2D eigenvalue weighted by Crippen LogP contribution is -2.13. The molecule has 0 spiro atoms. The molecule has 7 heteroatoms. The summed E-state index contributed by atoms with van der Waals surface area (Å²) in [5.74, 6) is 0. The summed E-state index contributed by atoms with van der Waals surface area (Å²) >= 11 is 0. The number of hydrogen-bond donors (Lipinski definition) is 3. The van der Waals surface area contributed by atoms with Crippen LogP contribution in [0.25, 0.3) is 0 Å². The summed E-state index contributed by atoms with van der Waals surface area (Å²) in [4.78, 5) is 0. The van der Waals surface area contributed by atoms with E-state index in [0.717, 1.165) is 6.20 Å². The van der Waals surface area contributed by atoms with Gasteiger partial charge in [0.05, 0.1) is 12.3 Å². The summed E-state index contributed by atoms with van der Waals surface area (Å²) in [6.45, 7) is 0.115. The van der Waals surface area contributed by atoms with Crippen LogP contribution in [0.15, 0.2) is 6.20 Å². The van der Waals surface area contributed by atoms with Crippen LogP contribution < -0.4 is 5.73 Å². The van der Waals surface area contributed by atoms with Crippen LogP contribution in [-0.4, -0.2) is 21.8 Å². The first-order valence-electron chi connectivity index (χ1n) is 3.95. The van der Waals surface area contributed by atoms with Gasteiger partial charge in [0.25, 0.3) is 0 Å². The van der Waals surface area contributed by atoms with E-state index in [1.165, 1.54) is 0 Å². The van der Waals surface area contributed by atoms with Crippen LogP contribution in [0.1, 0.15) is 23.8 Å². The highest BCUT2D eigenvalue weighted by Gasteiger charge is 2.37. The summed E-state index contributed by atoms with van der Waals surface area (Å²) in [5, 5.41) is 14.4. The van der Waals surface area contributed by atoms with E-state index in [4.69, 9.17) is 5.73 Å². The number of H-pyrrole nitrogens is 1. The first-order valence-corrected chi connectivity index (χ1v) is 3.95. The maximum absolute atomic E-state index is 12.3. The molecule has 0 amide bonds. The number of nitrogens with one attached hydrogen (secondary N) is 1. The van der Waals surface area contributed by atoms with Crippen molar-refractivity contribution in [1.82, 2.24) is 10.2 Å². The van der Waals surface area contributed by atoms with Gasteiger partial charge >= 0.3 is 6.18 Å². The quantitative estimate of drug-likeness (QED) is 0.689. The number of alkyl halides is 3. The number of rotatable bonds is 3. The lowest BCUT2D eigenvalue weighted by molar-refractivity contribution is -0.142. The maximum Gasteiger partial charge on any atom is 0.433 e. The van der Waals surface area contributed by atoms with Gasteiger partial charge in [-0.2, -0.15) is 18.3 Å². The summed E-state index contributed by atoms with van der Waals surface area (Å²) in [7, 11) is 0. The van der Waals surface area contributed by atoms with Crippen LogP contribution in [0.3, 0.4) is 0 Å². The standard InChI is InChI=1S/C7H10F3N3O/c8-7(9,10)6-4(3-12-13-6)5(14)1-2-11/h3,5,14H,1-2,11H2,(H,12,13)/t5-/m1/s1. The molecule has 0 aromatic carbocycles. The molecule has 1 aromatic rings. The first-order chi connectivity index (χ1) is 6.46. The molecule has 0 radical (unpaired) electrons. The predicted molar refractivity (Wildman–Crippen MR) is 42.2 cm³/mol. The van der Waals surface area contributed by atoms with E-state index in [2.05, 4.69) is 5.10 Å². The third-order valence-electron chi connectivity index (χ3n) is 1.75. The fourth-order valence-corrected chi connectivity index (χ4v) is 1.09. The number of aliphatic hydroxyl groups is 1. The van der Waals surface area contributed by atoms with Gasteiger partial charge in [0.2, 0.25) is 0 Å². The van der Waals surface area contributed by atoms with Gasteiger partial charge in [-0.3, -0.25) is 5.10 Å². The average molecular weight is 209 g/mol. The van der Waals surface area contributed by atoms with E-state index in [1.54, 1.807) is 0 Å². The van der Waals surface area contributed by atoms with E-state index in [1.807, 2.05) is 5.10 Å². The highest BCUT2D eigenvalue weighted by atomic mass is 19.4.